The van der Waals surface area contributed by atoms with Gasteiger partial charge in [-0.2, -0.15) is 13.2 Å². The first-order valence-corrected chi connectivity index (χ1v) is 6.72. The van der Waals surface area contributed by atoms with E-state index in [4.69, 9.17) is 9.84 Å². The Morgan fingerprint density at radius 3 is 2.25 bits per heavy atom. The molecule has 6 heteroatoms. The third-order valence-electron chi connectivity index (χ3n) is 2.57. The van der Waals surface area contributed by atoms with Gasteiger partial charge >= 0.3 is 6.18 Å². The van der Waals surface area contributed by atoms with Crippen molar-refractivity contribution in [2.75, 3.05) is 0 Å². The van der Waals surface area contributed by atoms with Gasteiger partial charge in [-0.3, -0.25) is 0 Å². The van der Waals surface area contributed by atoms with Gasteiger partial charge in [0.15, 0.2) is 0 Å². The standard InChI is InChI=1S/C14H10F3IO2/c15-14(16,17)12-7-9(8-19)1-6-13(12)20-11-4-2-10(18)3-5-11/h1-7,19H,8H2. The van der Waals surface area contributed by atoms with Gasteiger partial charge in [0.25, 0.3) is 0 Å². The van der Waals surface area contributed by atoms with E-state index < -0.39 is 18.3 Å². The second-order valence-electron chi connectivity index (χ2n) is 4.04. The predicted molar refractivity (Wildman–Crippen MR) is 76.6 cm³/mol. The number of hydrogen-bond acceptors (Lipinski definition) is 2. The molecule has 1 N–H and O–H groups in total. The largest absolute Gasteiger partial charge is 0.457 e. The third kappa shape index (κ3) is 3.63. The van der Waals surface area contributed by atoms with Gasteiger partial charge < -0.3 is 9.84 Å². The van der Waals surface area contributed by atoms with E-state index in [1.54, 1.807) is 24.3 Å². The molecule has 0 saturated carbocycles. The molecule has 20 heavy (non-hydrogen) atoms. The van der Waals surface area contributed by atoms with Crippen LogP contribution in [0.4, 0.5) is 13.2 Å². The molecule has 0 aromatic heterocycles. The summed E-state index contributed by atoms with van der Waals surface area (Å²) in [5, 5.41) is 8.93. The van der Waals surface area contributed by atoms with Gasteiger partial charge in [0, 0.05) is 3.57 Å². The van der Waals surface area contributed by atoms with Gasteiger partial charge in [-0.15, -0.1) is 0 Å². The third-order valence-corrected chi connectivity index (χ3v) is 3.29. The van der Waals surface area contributed by atoms with E-state index in [-0.39, 0.29) is 11.3 Å². The number of aliphatic hydroxyl groups is 1. The lowest BCUT2D eigenvalue weighted by molar-refractivity contribution is -0.138. The van der Waals surface area contributed by atoms with Crippen LogP contribution in [0.25, 0.3) is 0 Å². The van der Waals surface area contributed by atoms with E-state index in [1.807, 2.05) is 0 Å². The molecule has 0 fully saturated rings. The molecule has 0 saturated heterocycles. The van der Waals surface area contributed by atoms with Crippen molar-refractivity contribution >= 4 is 22.6 Å². The van der Waals surface area contributed by atoms with E-state index in [9.17, 15) is 13.2 Å². The molecule has 0 aliphatic heterocycles. The summed E-state index contributed by atoms with van der Waals surface area (Å²) in [4.78, 5) is 0. The fourth-order valence-electron chi connectivity index (χ4n) is 1.62. The van der Waals surface area contributed by atoms with Crippen molar-refractivity contribution in [2.45, 2.75) is 12.8 Å². The SMILES string of the molecule is OCc1ccc(Oc2ccc(I)cc2)c(C(F)(F)F)c1. The number of benzene rings is 2. The number of ether oxygens (including phenoxy) is 1. The maximum absolute atomic E-state index is 13.0. The molecule has 0 atom stereocenters. The lowest BCUT2D eigenvalue weighted by Crippen LogP contribution is -2.08. The molecular weight excluding hydrogens is 384 g/mol. The minimum Gasteiger partial charge on any atom is -0.457 e. The van der Waals surface area contributed by atoms with E-state index in [0.29, 0.717) is 5.75 Å². The van der Waals surface area contributed by atoms with E-state index in [2.05, 4.69) is 22.6 Å². The van der Waals surface area contributed by atoms with Crippen LogP contribution in [0.2, 0.25) is 0 Å². The Labute approximate surface area is 127 Å². The highest BCUT2D eigenvalue weighted by atomic mass is 127. The second-order valence-corrected chi connectivity index (χ2v) is 5.29. The van der Waals surface area contributed by atoms with Crippen LogP contribution in [0.5, 0.6) is 11.5 Å². The minimum atomic E-state index is -4.54. The number of alkyl halides is 3. The van der Waals surface area contributed by atoms with Crippen LogP contribution < -0.4 is 4.74 Å². The van der Waals surface area contributed by atoms with Crippen molar-refractivity contribution in [3.05, 3.63) is 57.2 Å². The van der Waals surface area contributed by atoms with Gasteiger partial charge in [-0.25, -0.2) is 0 Å². The van der Waals surface area contributed by atoms with Crippen LogP contribution in [0, 0.1) is 3.57 Å². The van der Waals surface area contributed by atoms with E-state index in [0.717, 1.165) is 9.64 Å². The predicted octanol–water partition coefficient (Wildman–Crippen LogP) is 4.59. The number of hydrogen-bond donors (Lipinski definition) is 1. The summed E-state index contributed by atoms with van der Waals surface area (Å²) in [6.45, 7) is -0.451. The zero-order valence-electron chi connectivity index (χ0n) is 10.1. The van der Waals surface area contributed by atoms with Crippen LogP contribution >= 0.6 is 22.6 Å². The van der Waals surface area contributed by atoms with Crippen LogP contribution in [0.3, 0.4) is 0 Å². The summed E-state index contributed by atoms with van der Waals surface area (Å²) < 4.78 is 45.2. The number of halogens is 4. The monoisotopic (exact) mass is 394 g/mol. The quantitative estimate of drug-likeness (QED) is 0.772. The molecule has 2 aromatic carbocycles. The normalized spacial score (nSPS) is 11.4. The Kier molecular flexibility index (Phi) is 4.54. The van der Waals surface area contributed by atoms with Crippen LogP contribution in [-0.4, -0.2) is 5.11 Å². The van der Waals surface area contributed by atoms with Crippen molar-refractivity contribution in [2.24, 2.45) is 0 Å². The molecule has 2 aromatic rings. The van der Waals surface area contributed by atoms with Crippen LogP contribution in [0.15, 0.2) is 42.5 Å². The van der Waals surface area contributed by atoms with E-state index in [1.165, 1.54) is 12.1 Å². The minimum absolute atomic E-state index is 0.187. The summed E-state index contributed by atoms with van der Waals surface area (Å²) in [5.74, 6) is 0.0450. The van der Waals surface area contributed by atoms with Crippen molar-refractivity contribution in [3.63, 3.8) is 0 Å². The molecule has 0 bridgehead atoms. The Morgan fingerprint density at radius 2 is 1.70 bits per heavy atom. The Hall–Kier alpha value is -1.28. The molecule has 0 unspecified atom stereocenters. The van der Waals surface area contributed by atoms with Crippen LogP contribution in [-0.2, 0) is 12.8 Å². The zero-order chi connectivity index (χ0) is 14.8. The summed E-state index contributed by atoms with van der Waals surface area (Å²) in [6, 6.07) is 10.2. The Morgan fingerprint density at radius 1 is 1.05 bits per heavy atom. The lowest BCUT2D eigenvalue weighted by atomic mass is 10.1. The van der Waals surface area contributed by atoms with Crippen molar-refractivity contribution in [1.82, 2.24) is 0 Å². The molecule has 2 rings (SSSR count). The number of rotatable bonds is 3. The summed E-state index contributed by atoms with van der Waals surface area (Å²) >= 11 is 2.09. The van der Waals surface area contributed by atoms with Crippen molar-refractivity contribution < 1.29 is 23.0 Å². The molecular formula is C14H10F3IO2. The van der Waals surface area contributed by atoms with Gasteiger partial charge in [-0.1, -0.05) is 6.07 Å². The highest BCUT2D eigenvalue weighted by molar-refractivity contribution is 14.1. The first-order chi connectivity index (χ1) is 9.40. The summed E-state index contributed by atoms with van der Waals surface area (Å²) in [6.07, 6.45) is -4.54. The topological polar surface area (TPSA) is 29.5 Å². The van der Waals surface area contributed by atoms with E-state index >= 15 is 0 Å². The molecule has 106 valence electrons. The highest BCUT2D eigenvalue weighted by Gasteiger charge is 2.34. The lowest BCUT2D eigenvalue weighted by Gasteiger charge is -2.14. The molecule has 0 spiro atoms. The zero-order valence-corrected chi connectivity index (χ0v) is 12.3. The van der Waals surface area contributed by atoms with Gasteiger partial charge in [0.05, 0.1) is 12.2 Å². The fraction of sp³-hybridized carbons (Fsp3) is 0.143. The second kappa shape index (κ2) is 6.01. The maximum Gasteiger partial charge on any atom is 0.419 e. The summed E-state index contributed by atoms with van der Waals surface area (Å²) in [7, 11) is 0. The maximum atomic E-state index is 13.0. The van der Waals surface area contributed by atoms with Gasteiger partial charge in [-0.05, 0) is 64.6 Å². The molecule has 2 nitrogen and oxygen atoms in total. The average Bonchev–Trinajstić information content (AvgIpc) is 2.40. The molecule has 0 heterocycles. The summed E-state index contributed by atoms with van der Waals surface area (Å²) in [5.41, 5.74) is -0.713. The van der Waals surface area contributed by atoms with Crippen molar-refractivity contribution in [3.8, 4) is 11.5 Å². The first-order valence-electron chi connectivity index (χ1n) is 5.64. The Balaban J connectivity index is 2.38. The van der Waals surface area contributed by atoms with Gasteiger partial charge in [0.1, 0.15) is 11.5 Å². The first kappa shape index (κ1) is 15.1. The fourth-order valence-corrected chi connectivity index (χ4v) is 1.98. The molecule has 0 radical (unpaired) electrons. The molecule has 0 aliphatic rings. The smallest absolute Gasteiger partial charge is 0.419 e. The highest BCUT2D eigenvalue weighted by Crippen LogP contribution is 2.38. The Bertz CT molecular complexity index is 594. The molecule has 0 amide bonds. The molecule has 0 aliphatic carbocycles. The van der Waals surface area contributed by atoms with Gasteiger partial charge in [0.2, 0.25) is 0 Å². The van der Waals surface area contributed by atoms with Crippen molar-refractivity contribution in [1.29, 1.82) is 0 Å². The average molecular weight is 394 g/mol. The number of aliphatic hydroxyl groups excluding tert-OH is 1. The van der Waals surface area contributed by atoms with Crippen LogP contribution in [0.1, 0.15) is 11.1 Å².